The number of ketones is 1. The third-order valence-corrected chi connectivity index (χ3v) is 4.87. The monoisotopic (exact) mass is 407 g/mol. The molecule has 0 atom stereocenters. The van der Waals surface area contributed by atoms with Gasteiger partial charge in [-0.25, -0.2) is 19.6 Å². The fraction of sp³-hybridized carbons (Fsp3) is 0.300. The second-order valence-electron chi connectivity index (χ2n) is 6.81. The Morgan fingerprint density at radius 3 is 2.40 bits per heavy atom. The van der Waals surface area contributed by atoms with Crippen LogP contribution in [0.1, 0.15) is 17.3 Å². The molecule has 1 amide bonds. The van der Waals surface area contributed by atoms with Crippen LogP contribution in [0.2, 0.25) is 0 Å². The molecule has 0 aliphatic carbocycles. The van der Waals surface area contributed by atoms with Crippen LogP contribution < -0.4 is 9.64 Å². The van der Waals surface area contributed by atoms with Crippen LogP contribution in [0.25, 0.3) is 5.82 Å². The van der Waals surface area contributed by atoms with Crippen molar-refractivity contribution in [1.29, 1.82) is 0 Å². The molecular formula is C20H21N7O3. The molecule has 154 valence electrons. The van der Waals surface area contributed by atoms with Crippen LogP contribution in [-0.4, -0.2) is 74.1 Å². The van der Waals surface area contributed by atoms with E-state index in [-0.39, 0.29) is 18.3 Å². The molecule has 1 aliphatic heterocycles. The molecule has 0 bridgehead atoms. The van der Waals surface area contributed by atoms with Crippen molar-refractivity contribution in [3.8, 4) is 11.6 Å². The Balaban J connectivity index is 1.29. The van der Waals surface area contributed by atoms with E-state index in [0.717, 1.165) is 5.82 Å². The van der Waals surface area contributed by atoms with Gasteiger partial charge in [0.2, 0.25) is 0 Å². The highest BCUT2D eigenvalue weighted by molar-refractivity contribution is 5.94. The molecule has 0 spiro atoms. The lowest BCUT2D eigenvalue weighted by Gasteiger charge is -2.35. The van der Waals surface area contributed by atoms with Crippen molar-refractivity contribution in [3.05, 3.63) is 54.9 Å². The molecule has 1 aliphatic rings. The maximum Gasteiger partial charge on any atom is 0.260 e. The highest BCUT2D eigenvalue weighted by atomic mass is 16.5. The number of carbonyl (C=O) groups excluding carboxylic acids is 2. The number of amides is 1. The zero-order valence-electron chi connectivity index (χ0n) is 16.5. The summed E-state index contributed by atoms with van der Waals surface area (Å²) in [6, 6.07) is 8.62. The van der Waals surface area contributed by atoms with Gasteiger partial charge in [-0.3, -0.25) is 9.59 Å². The van der Waals surface area contributed by atoms with E-state index in [9.17, 15) is 9.59 Å². The number of ether oxygens (including phenoxy) is 1. The first-order valence-corrected chi connectivity index (χ1v) is 9.54. The smallest absolute Gasteiger partial charge is 0.260 e. The summed E-state index contributed by atoms with van der Waals surface area (Å²) >= 11 is 0. The van der Waals surface area contributed by atoms with Crippen molar-refractivity contribution in [2.24, 2.45) is 0 Å². The summed E-state index contributed by atoms with van der Waals surface area (Å²) in [7, 11) is 0. The van der Waals surface area contributed by atoms with Crippen molar-refractivity contribution in [2.75, 3.05) is 37.7 Å². The number of nitrogens with zero attached hydrogens (tertiary/aromatic N) is 7. The van der Waals surface area contributed by atoms with Gasteiger partial charge < -0.3 is 14.5 Å². The van der Waals surface area contributed by atoms with Crippen LogP contribution in [0, 0.1) is 0 Å². The summed E-state index contributed by atoms with van der Waals surface area (Å²) < 4.78 is 7.15. The number of aromatic nitrogens is 5. The molecule has 1 aromatic carbocycles. The molecule has 2 aromatic heterocycles. The highest BCUT2D eigenvalue weighted by Gasteiger charge is 2.22. The second kappa shape index (κ2) is 8.68. The SMILES string of the molecule is CC(=O)c1ccc(OCC(=O)N2CCN(c3cc(-n4cncn4)ncn3)CC2)cc1. The molecule has 30 heavy (non-hydrogen) atoms. The Labute approximate surface area is 173 Å². The molecule has 1 saturated heterocycles. The second-order valence-corrected chi connectivity index (χ2v) is 6.81. The van der Waals surface area contributed by atoms with E-state index < -0.39 is 0 Å². The average molecular weight is 407 g/mol. The predicted molar refractivity (Wildman–Crippen MR) is 108 cm³/mol. The first-order chi connectivity index (χ1) is 14.6. The van der Waals surface area contributed by atoms with Crippen molar-refractivity contribution < 1.29 is 14.3 Å². The van der Waals surface area contributed by atoms with Gasteiger partial charge in [0.05, 0.1) is 0 Å². The highest BCUT2D eigenvalue weighted by Crippen LogP contribution is 2.16. The fourth-order valence-corrected chi connectivity index (χ4v) is 3.17. The normalized spacial score (nSPS) is 13.9. The van der Waals surface area contributed by atoms with E-state index in [2.05, 4.69) is 25.0 Å². The quantitative estimate of drug-likeness (QED) is 0.557. The summed E-state index contributed by atoms with van der Waals surface area (Å²) in [6.07, 6.45) is 4.53. The zero-order chi connectivity index (χ0) is 20.9. The predicted octanol–water partition coefficient (Wildman–Crippen LogP) is 0.987. The van der Waals surface area contributed by atoms with E-state index in [1.165, 1.54) is 19.6 Å². The number of carbonyl (C=O) groups is 2. The first-order valence-electron chi connectivity index (χ1n) is 9.54. The standard InChI is InChI=1S/C20H21N7O3/c1-15(28)16-2-4-17(5-3-16)30-11-20(29)26-8-6-25(7-9-26)18-10-19(23-13-22-18)27-14-21-12-24-27/h2-5,10,12-14H,6-9,11H2,1H3. The summed E-state index contributed by atoms with van der Waals surface area (Å²) in [5.74, 6) is 1.90. The number of Topliss-reactive ketones (excluding diaryl/α,β-unsaturated/α-hetero) is 1. The summed E-state index contributed by atoms with van der Waals surface area (Å²) in [5, 5.41) is 4.08. The van der Waals surface area contributed by atoms with Crippen LogP contribution in [0.4, 0.5) is 5.82 Å². The third kappa shape index (κ3) is 4.43. The largest absolute Gasteiger partial charge is 0.484 e. The van der Waals surface area contributed by atoms with Gasteiger partial charge >= 0.3 is 0 Å². The van der Waals surface area contributed by atoms with Gasteiger partial charge in [0.15, 0.2) is 18.2 Å². The minimum absolute atomic E-state index is 0.00686. The van der Waals surface area contributed by atoms with E-state index in [1.54, 1.807) is 40.2 Å². The van der Waals surface area contributed by atoms with E-state index >= 15 is 0 Å². The van der Waals surface area contributed by atoms with Gasteiger partial charge in [-0.2, -0.15) is 5.10 Å². The maximum atomic E-state index is 12.5. The minimum atomic E-state index is -0.0729. The molecular weight excluding hydrogens is 386 g/mol. The molecule has 1 fully saturated rings. The van der Waals surface area contributed by atoms with Gasteiger partial charge in [0, 0.05) is 37.8 Å². The van der Waals surface area contributed by atoms with Crippen LogP contribution in [0.5, 0.6) is 5.75 Å². The Kier molecular flexibility index (Phi) is 5.64. The van der Waals surface area contributed by atoms with E-state index in [1.807, 2.05) is 6.07 Å². The van der Waals surface area contributed by atoms with Gasteiger partial charge in [0.25, 0.3) is 5.91 Å². The average Bonchev–Trinajstić information content (AvgIpc) is 3.33. The summed E-state index contributed by atoms with van der Waals surface area (Å²) in [5.41, 5.74) is 0.612. The zero-order valence-corrected chi connectivity index (χ0v) is 16.5. The fourth-order valence-electron chi connectivity index (χ4n) is 3.17. The lowest BCUT2D eigenvalue weighted by molar-refractivity contribution is -0.133. The number of hydrogen-bond donors (Lipinski definition) is 0. The van der Waals surface area contributed by atoms with Crippen LogP contribution in [0.3, 0.4) is 0 Å². The summed E-state index contributed by atoms with van der Waals surface area (Å²) in [4.78, 5) is 40.2. The lowest BCUT2D eigenvalue weighted by atomic mass is 10.1. The van der Waals surface area contributed by atoms with Crippen LogP contribution in [0.15, 0.2) is 49.3 Å². The maximum absolute atomic E-state index is 12.5. The van der Waals surface area contributed by atoms with E-state index in [0.29, 0.717) is 43.3 Å². The number of hydrogen-bond acceptors (Lipinski definition) is 8. The van der Waals surface area contributed by atoms with Crippen molar-refractivity contribution >= 4 is 17.5 Å². The molecule has 0 radical (unpaired) electrons. The summed E-state index contributed by atoms with van der Waals surface area (Å²) in [6.45, 7) is 3.95. The Morgan fingerprint density at radius 2 is 1.73 bits per heavy atom. The van der Waals surface area contributed by atoms with Crippen molar-refractivity contribution in [1.82, 2.24) is 29.6 Å². The van der Waals surface area contributed by atoms with Gasteiger partial charge in [-0.1, -0.05) is 0 Å². The molecule has 0 N–H and O–H groups in total. The Bertz CT molecular complexity index is 1010. The van der Waals surface area contributed by atoms with Crippen LogP contribution >= 0.6 is 0 Å². The number of anilines is 1. The first kappa shape index (κ1) is 19.5. The van der Waals surface area contributed by atoms with Gasteiger partial charge in [-0.05, 0) is 31.2 Å². The Morgan fingerprint density at radius 1 is 1.00 bits per heavy atom. The lowest BCUT2D eigenvalue weighted by Crippen LogP contribution is -2.50. The number of piperazine rings is 1. The molecule has 10 heteroatoms. The topological polar surface area (TPSA) is 106 Å². The molecule has 0 unspecified atom stereocenters. The molecule has 4 rings (SSSR count). The van der Waals surface area contributed by atoms with E-state index in [4.69, 9.17) is 4.74 Å². The molecule has 10 nitrogen and oxygen atoms in total. The molecule has 0 saturated carbocycles. The van der Waals surface area contributed by atoms with Gasteiger partial charge in [-0.15, -0.1) is 0 Å². The van der Waals surface area contributed by atoms with Crippen LogP contribution in [-0.2, 0) is 4.79 Å². The Hall–Kier alpha value is -3.82. The minimum Gasteiger partial charge on any atom is -0.484 e. The van der Waals surface area contributed by atoms with Crippen molar-refractivity contribution in [2.45, 2.75) is 6.92 Å². The number of rotatable bonds is 6. The number of benzene rings is 1. The third-order valence-electron chi connectivity index (χ3n) is 4.87. The molecule has 3 aromatic rings. The molecule has 3 heterocycles. The van der Waals surface area contributed by atoms with Crippen molar-refractivity contribution in [3.63, 3.8) is 0 Å². The van der Waals surface area contributed by atoms with Gasteiger partial charge in [0.1, 0.15) is 30.5 Å².